The van der Waals surface area contributed by atoms with Crippen LogP contribution < -0.4 is 0 Å². The summed E-state index contributed by atoms with van der Waals surface area (Å²) in [6, 6.07) is 37.4. The van der Waals surface area contributed by atoms with Gasteiger partial charge < -0.3 is 0 Å². The lowest BCUT2D eigenvalue weighted by molar-refractivity contribution is 0.376. The summed E-state index contributed by atoms with van der Waals surface area (Å²) >= 11 is 31.4. The summed E-state index contributed by atoms with van der Waals surface area (Å²) in [7, 11) is 0. The molecule has 2 aliphatic heterocycles. The molecule has 8 aromatic rings. The van der Waals surface area contributed by atoms with Crippen LogP contribution in [0.3, 0.4) is 0 Å². The highest BCUT2D eigenvalue weighted by Gasteiger charge is 2.35. The highest BCUT2D eigenvalue weighted by atomic mass is 79.9. The molecule has 0 aliphatic carbocycles. The summed E-state index contributed by atoms with van der Waals surface area (Å²) in [4.78, 5) is 10.7. The Morgan fingerprint density at radius 1 is 0.343 bits per heavy atom. The van der Waals surface area contributed by atoms with Crippen molar-refractivity contribution < 1.29 is 22.0 Å². The lowest BCUT2D eigenvalue weighted by atomic mass is 9.94. The molecule has 0 amide bonds. The monoisotopic (exact) mass is 1400 g/mol. The van der Waals surface area contributed by atoms with E-state index in [0.29, 0.717) is 88.1 Å². The Morgan fingerprint density at radius 2 is 0.642 bits per heavy atom. The Bertz CT molecular complexity index is 3630. The number of nitrogens with zero attached hydrogens (tertiary/aromatic N) is 4. The Hall–Kier alpha value is -3.81. The first-order valence-electron chi connectivity index (χ1n) is 19.7. The van der Waals surface area contributed by atoms with Crippen LogP contribution in [0.1, 0.15) is 28.3 Å². The summed E-state index contributed by atoms with van der Waals surface area (Å²) in [5.74, 6) is -10.5. The van der Waals surface area contributed by atoms with Gasteiger partial charge in [0.05, 0.1) is 110 Å². The molecule has 5 heterocycles. The summed E-state index contributed by atoms with van der Waals surface area (Å²) in [5, 5.41) is 0. The van der Waals surface area contributed by atoms with Crippen LogP contribution in [-0.4, -0.2) is 17.2 Å². The molecular formula is C50H21Br8F5N4. The Balaban J connectivity index is 1.59. The molecule has 67 heavy (non-hydrogen) atoms. The zero-order chi connectivity index (χ0) is 47.2. The normalized spacial score (nSPS) is 12.6. The molecule has 0 saturated heterocycles. The van der Waals surface area contributed by atoms with Gasteiger partial charge in [-0.2, -0.15) is 0 Å². The second kappa shape index (κ2) is 18.5. The third kappa shape index (κ3) is 7.60. The molecule has 0 N–H and O–H groups in total. The minimum absolute atomic E-state index is 0.0959. The fourth-order valence-electron chi connectivity index (χ4n) is 8.32. The quantitative estimate of drug-likeness (QED) is 0.0978. The maximum atomic E-state index is 16.5. The van der Waals surface area contributed by atoms with Gasteiger partial charge in [0.2, 0.25) is 5.82 Å². The smallest absolute Gasteiger partial charge is 0.200 e. The number of fused-ring (bicyclic) bond motifs is 8. The molecule has 5 aromatic carbocycles. The van der Waals surface area contributed by atoms with Crippen molar-refractivity contribution in [1.29, 1.82) is 0 Å². The van der Waals surface area contributed by atoms with Gasteiger partial charge in [-0.1, -0.05) is 121 Å². The first-order chi connectivity index (χ1) is 32.2. The van der Waals surface area contributed by atoms with Crippen molar-refractivity contribution in [3.63, 3.8) is 0 Å². The second-order valence-corrected chi connectivity index (χ2v) is 21.1. The van der Waals surface area contributed by atoms with Crippen molar-refractivity contribution in [2.24, 2.45) is 0 Å². The van der Waals surface area contributed by atoms with Crippen molar-refractivity contribution in [3.05, 3.63) is 197 Å². The molecule has 10 rings (SSSR count). The number of hydrogen-bond acceptors (Lipinski definition) is 2. The lowest BCUT2D eigenvalue weighted by Gasteiger charge is -2.13. The minimum Gasteiger partial charge on any atom is -0.273 e. The average molecular weight is 1410 g/mol. The lowest BCUT2D eigenvalue weighted by Crippen LogP contribution is -2.07. The molecular weight excluding hydrogens is 1390 g/mol. The summed E-state index contributed by atoms with van der Waals surface area (Å²) < 4.78 is 85.7. The Labute approximate surface area is 446 Å². The van der Waals surface area contributed by atoms with Crippen molar-refractivity contribution in [3.8, 4) is 44.5 Å². The van der Waals surface area contributed by atoms with Gasteiger partial charge >= 0.3 is 0 Å². The van der Waals surface area contributed by atoms with Crippen molar-refractivity contribution in [2.75, 3.05) is 0 Å². The molecule has 0 unspecified atom stereocenters. The van der Waals surface area contributed by atoms with Gasteiger partial charge in [-0.3, -0.25) is 7.19 Å². The first kappa shape index (κ1) is 46.9. The van der Waals surface area contributed by atoms with Crippen LogP contribution in [0, 0.1) is 29.1 Å². The van der Waals surface area contributed by atoms with Crippen molar-refractivity contribution in [2.45, 2.75) is 0 Å². The largest absolute Gasteiger partial charge is 0.273 e. The van der Waals surface area contributed by atoms with Gasteiger partial charge in [-0.15, -0.1) is 0 Å². The second-order valence-electron chi connectivity index (χ2n) is 15.0. The molecule has 3 aromatic heterocycles. The van der Waals surface area contributed by atoms with Crippen LogP contribution in [0.15, 0.2) is 139 Å². The van der Waals surface area contributed by atoms with E-state index in [1.165, 1.54) is 6.08 Å². The maximum absolute atomic E-state index is 16.5. The van der Waals surface area contributed by atoms with Gasteiger partial charge in [0.1, 0.15) is 0 Å². The summed E-state index contributed by atoms with van der Waals surface area (Å²) in [6.45, 7) is 0. The standard InChI is InChI=1S/C50H21Br8F5N4/c51-33-34(52)46-31(25-19-11-4-12-20-25)50-38(56)37(55)48(67(50)58)29(23-15-7-2-8-16-23)44-26(32-39(59)41(61)43(63)42(62)40(32)60)21-27(64-44)28(22-13-5-1-6-14-22)47-35(53)36(54)49(66(47)57)30(45(33)65-46)24-17-9-3-10-18-24/h1-21H. The Morgan fingerprint density at radius 3 is 1.00 bits per heavy atom. The van der Waals surface area contributed by atoms with Crippen LogP contribution in [0.2, 0.25) is 0 Å². The molecule has 2 aliphatic rings. The SMILES string of the molecule is Fc1c(F)c(F)c(C2=Cc3nc2c(-c2ccccc2)c2c(Br)c(Br)c(c(-c4ccccc4)c4nc(c(-c5ccccc5)c5c(Br)c(Br)c(c3-c3ccccc3)n5Br)C(Br)=C4Br)n2Br)c(F)c1F. The molecule has 17 heteroatoms. The van der Waals surface area contributed by atoms with Gasteiger partial charge in [0, 0.05) is 27.8 Å². The van der Waals surface area contributed by atoms with E-state index >= 15 is 17.6 Å². The fraction of sp³-hybridized carbons (Fsp3) is 0. The number of rotatable bonds is 5. The number of aromatic nitrogens is 4. The Kier molecular flexibility index (Phi) is 12.9. The highest BCUT2D eigenvalue weighted by Crippen LogP contribution is 2.54. The van der Waals surface area contributed by atoms with Crippen molar-refractivity contribution >= 4 is 171 Å². The van der Waals surface area contributed by atoms with Gasteiger partial charge in [0.25, 0.3) is 0 Å². The van der Waals surface area contributed by atoms with E-state index < -0.39 is 34.6 Å². The van der Waals surface area contributed by atoms with Gasteiger partial charge in [0.15, 0.2) is 23.3 Å². The van der Waals surface area contributed by atoms with E-state index in [1.54, 1.807) is 37.5 Å². The molecule has 0 spiro atoms. The van der Waals surface area contributed by atoms with Crippen LogP contribution in [-0.2, 0) is 0 Å². The molecule has 8 bridgehead atoms. The van der Waals surface area contributed by atoms with E-state index in [4.69, 9.17) is 9.97 Å². The van der Waals surface area contributed by atoms with E-state index in [0.717, 1.165) is 11.1 Å². The zero-order valence-electron chi connectivity index (χ0n) is 33.3. The van der Waals surface area contributed by atoms with Crippen LogP contribution in [0.5, 0.6) is 0 Å². The van der Waals surface area contributed by atoms with Crippen molar-refractivity contribution in [1.82, 2.24) is 17.2 Å². The summed E-state index contributed by atoms with van der Waals surface area (Å²) in [6.07, 6.45) is 1.37. The minimum atomic E-state index is -2.28. The molecule has 0 saturated carbocycles. The van der Waals surface area contributed by atoms with Crippen LogP contribution >= 0.6 is 128 Å². The maximum Gasteiger partial charge on any atom is 0.200 e. The van der Waals surface area contributed by atoms with E-state index in [9.17, 15) is 4.39 Å². The average Bonchev–Trinajstić information content (AvgIpc) is 4.02. The molecule has 0 fully saturated rings. The first-order valence-corrected chi connectivity index (χ1v) is 25.9. The topological polar surface area (TPSA) is 35.6 Å². The molecule has 0 radical (unpaired) electrons. The van der Waals surface area contributed by atoms with Crippen LogP contribution in [0.4, 0.5) is 22.0 Å². The molecule has 4 nitrogen and oxygen atoms in total. The fourth-order valence-corrected chi connectivity index (χ4v) is 13.9. The number of halogens is 13. The van der Waals surface area contributed by atoms with E-state index in [2.05, 4.69) is 128 Å². The van der Waals surface area contributed by atoms with E-state index in [-0.39, 0.29) is 22.5 Å². The predicted octanol–water partition coefficient (Wildman–Crippen LogP) is 19.2. The third-order valence-corrected chi connectivity index (χ3v) is 18.9. The van der Waals surface area contributed by atoms with Crippen LogP contribution in [0.25, 0.3) is 87.2 Å². The number of hydrogen-bond donors (Lipinski definition) is 0. The van der Waals surface area contributed by atoms with E-state index in [1.807, 2.05) is 91.0 Å². The van der Waals surface area contributed by atoms with Gasteiger partial charge in [-0.25, -0.2) is 31.9 Å². The molecule has 332 valence electrons. The predicted molar refractivity (Wildman–Crippen MR) is 287 cm³/mol. The third-order valence-electron chi connectivity index (χ3n) is 11.2. The molecule has 0 atom stereocenters. The highest BCUT2D eigenvalue weighted by molar-refractivity contribution is 9.18. The number of benzene rings is 5. The zero-order valence-corrected chi connectivity index (χ0v) is 46.0. The summed E-state index contributed by atoms with van der Waals surface area (Å²) in [5.41, 5.74) is 6.27. The van der Waals surface area contributed by atoms with Gasteiger partial charge in [-0.05, 0) is 124 Å².